The van der Waals surface area contributed by atoms with E-state index in [0.717, 1.165) is 33.3 Å². The lowest BCUT2D eigenvalue weighted by Gasteiger charge is -2.16. The highest BCUT2D eigenvalue weighted by molar-refractivity contribution is 6.30. The molecule has 5 rings (SSSR count). The van der Waals surface area contributed by atoms with Crippen molar-refractivity contribution in [2.45, 2.75) is 6.61 Å². The summed E-state index contributed by atoms with van der Waals surface area (Å²) in [6.07, 6.45) is 3.35. The van der Waals surface area contributed by atoms with Crippen molar-refractivity contribution in [3.63, 3.8) is 0 Å². The van der Waals surface area contributed by atoms with Gasteiger partial charge in [0.05, 0.1) is 30.5 Å². The van der Waals surface area contributed by atoms with Crippen molar-refractivity contribution in [1.29, 1.82) is 0 Å². The van der Waals surface area contributed by atoms with E-state index in [1.807, 2.05) is 43.4 Å². The lowest BCUT2D eigenvalue weighted by Crippen LogP contribution is -2.10. The molecule has 1 aliphatic rings. The van der Waals surface area contributed by atoms with Crippen LogP contribution in [-0.2, 0) is 18.4 Å². The molecule has 0 unspecified atom stereocenters. The summed E-state index contributed by atoms with van der Waals surface area (Å²) in [5, 5.41) is 9.30. The first-order chi connectivity index (χ1) is 14.2. The molecule has 0 fully saturated rings. The molecule has 0 saturated carbocycles. The van der Waals surface area contributed by atoms with Crippen LogP contribution in [-0.4, -0.2) is 33.0 Å². The van der Waals surface area contributed by atoms with Crippen molar-refractivity contribution in [1.82, 2.24) is 19.7 Å². The molecule has 0 spiro atoms. The Labute approximate surface area is 172 Å². The normalized spacial score (nSPS) is 13.9. The quantitative estimate of drug-likeness (QED) is 0.467. The number of halogens is 1. The summed E-state index contributed by atoms with van der Waals surface area (Å²) in [7, 11) is 1.86. The van der Waals surface area contributed by atoms with Crippen molar-refractivity contribution in [2.24, 2.45) is 7.05 Å². The summed E-state index contributed by atoms with van der Waals surface area (Å²) in [6, 6.07) is 11.7. The molecule has 0 saturated heterocycles. The molecule has 1 N–H and O–H groups in total. The third-order valence-electron chi connectivity index (χ3n) is 4.88. The molecule has 2 aromatic carbocycles. The molecule has 146 valence electrons. The van der Waals surface area contributed by atoms with E-state index in [2.05, 4.69) is 20.4 Å². The van der Waals surface area contributed by atoms with Gasteiger partial charge in [-0.25, -0.2) is 14.6 Å². The zero-order chi connectivity index (χ0) is 19.8. The van der Waals surface area contributed by atoms with E-state index < -0.39 is 0 Å². The Morgan fingerprint density at radius 3 is 2.97 bits per heavy atom. The van der Waals surface area contributed by atoms with Gasteiger partial charge in [-0.3, -0.25) is 0 Å². The molecular weight excluding hydrogens is 390 g/mol. The number of nitrogens with zero attached hydrogens (tertiary/aromatic N) is 4. The van der Waals surface area contributed by atoms with Crippen LogP contribution in [0, 0.1) is 0 Å². The van der Waals surface area contributed by atoms with Gasteiger partial charge in [0.2, 0.25) is 5.88 Å². The van der Waals surface area contributed by atoms with E-state index in [0.29, 0.717) is 36.5 Å². The Kier molecular flexibility index (Phi) is 4.54. The van der Waals surface area contributed by atoms with Crippen LogP contribution in [0.1, 0.15) is 5.56 Å². The average molecular weight is 408 g/mol. The summed E-state index contributed by atoms with van der Waals surface area (Å²) in [6.45, 7) is 1.30. The Morgan fingerprint density at radius 1 is 1.10 bits per heavy atom. The molecule has 3 heterocycles. The maximum Gasteiger partial charge on any atom is 0.219 e. The Hall–Kier alpha value is -3.16. The molecule has 4 aromatic rings. The van der Waals surface area contributed by atoms with E-state index in [-0.39, 0.29) is 0 Å². The lowest BCUT2D eigenvalue weighted by molar-refractivity contribution is 0.0865. The van der Waals surface area contributed by atoms with Gasteiger partial charge in [0.15, 0.2) is 0 Å². The zero-order valence-electron chi connectivity index (χ0n) is 15.7. The van der Waals surface area contributed by atoms with Crippen LogP contribution >= 0.6 is 11.6 Å². The third-order valence-corrected chi connectivity index (χ3v) is 5.11. The van der Waals surface area contributed by atoms with Crippen molar-refractivity contribution in [3.8, 4) is 17.0 Å². The SMILES string of the molecule is Cn1ncc2c1OCCOCc1ccc(Cl)cc1Nc1ncnc3ccc-2cc13. The van der Waals surface area contributed by atoms with E-state index in [1.165, 1.54) is 0 Å². The highest BCUT2D eigenvalue weighted by Gasteiger charge is 2.16. The molecule has 7 nitrogen and oxygen atoms in total. The summed E-state index contributed by atoms with van der Waals surface area (Å²) >= 11 is 6.24. The van der Waals surface area contributed by atoms with Crippen LogP contribution in [0.5, 0.6) is 5.88 Å². The minimum Gasteiger partial charge on any atom is -0.475 e. The molecule has 2 bridgehead atoms. The molecule has 2 aromatic heterocycles. The second-order valence-corrected chi connectivity index (χ2v) is 7.21. The van der Waals surface area contributed by atoms with Crippen LogP contribution in [0.25, 0.3) is 22.0 Å². The van der Waals surface area contributed by atoms with Crippen molar-refractivity contribution in [3.05, 3.63) is 59.5 Å². The first-order valence-corrected chi connectivity index (χ1v) is 9.60. The van der Waals surface area contributed by atoms with Crippen molar-refractivity contribution >= 4 is 34.0 Å². The molecular formula is C21H18ClN5O2. The lowest BCUT2D eigenvalue weighted by atomic mass is 10.1. The summed E-state index contributed by atoms with van der Waals surface area (Å²) < 4.78 is 13.5. The molecule has 0 aliphatic carbocycles. The number of aromatic nitrogens is 4. The number of aryl methyl sites for hydroxylation is 1. The van der Waals surface area contributed by atoms with Gasteiger partial charge in [0.1, 0.15) is 18.8 Å². The van der Waals surface area contributed by atoms with Gasteiger partial charge in [-0.2, -0.15) is 5.10 Å². The Balaban J connectivity index is 1.70. The molecule has 29 heavy (non-hydrogen) atoms. The standard InChI is InChI=1S/C21H18ClN5O2/c1-27-21-17(10-25-27)13-3-5-18-16(8-13)20(24-12-23-18)26-19-9-15(22)4-2-14(19)11-28-6-7-29-21/h2-5,8-10,12H,6-7,11H2,1H3,(H,23,24,26). The minimum atomic E-state index is 0.421. The number of fused-ring (bicyclic) bond motifs is 4. The van der Waals surface area contributed by atoms with Gasteiger partial charge >= 0.3 is 0 Å². The monoisotopic (exact) mass is 407 g/mol. The maximum absolute atomic E-state index is 6.24. The topological polar surface area (TPSA) is 74.1 Å². The fraction of sp³-hybridized carbons (Fsp3) is 0.190. The number of hydrogen-bond donors (Lipinski definition) is 1. The van der Waals surface area contributed by atoms with Crippen LogP contribution in [0.15, 0.2) is 48.9 Å². The first-order valence-electron chi connectivity index (χ1n) is 9.22. The van der Waals surface area contributed by atoms with Crippen molar-refractivity contribution in [2.75, 3.05) is 18.5 Å². The Morgan fingerprint density at radius 2 is 2.03 bits per heavy atom. The Bertz CT molecular complexity index is 1210. The van der Waals surface area contributed by atoms with Crippen molar-refractivity contribution < 1.29 is 9.47 Å². The zero-order valence-corrected chi connectivity index (χ0v) is 16.5. The number of nitrogens with one attached hydrogen (secondary N) is 1. The number of rotatable bonds is 0. The molecule has 0 atom stereocenters. The molecule has 0 radical (unpaired) electrons. The van der Waals surface area contributed by atoms with E-state index >= 15 is 0 Å². The van der Waals surface area contributed by atoms with Gasteiger partial charge in [0.25, 0.3) is 0 Å². The second-order valence-electron chi connectivity index (χ2n) is 6.77. The fourth-order valence-electron chi connectivity index (χ4n) is 3.42. The highest BCUT2D eigenvalue weighted by Crippen LogP contribution is 2.34. The van der Waals surface area contributed by atoms with E-state index in [4.69, 9.17) is 21.1 Å². The number of anilines is 2. The van der Waals surface area contributed by atoms with Gasteiger partial charge in [-0.05, 0) is 29.8 Å². The average Bonchev–Trinajstić information content (AvgIpc) is 3.09. The van der Waals surface area contributed by atoms with Crippen LogP contribution in [0.3, 0.4) is 0 Å². The minimum absolute atomic E-state index is 0.421. The number of ether oxygens (including phenoxy) is 2. The maximum atomic E-state index is 6.24. The third kappa shape index (κ3) is 3.39. The van der Waals surface area contributed by atoms with Gasteiger partial charge in [-0.1, -0.05) is 23.7 Å². The molecule has 0 amide bonds. The first kappa shape index (κ1) is 17.9. The summed E-state index contributed by atoms with van der Waals surface area (Å²) in [4.78, 5) is 8.87. The van der Waals surface area contributed by atoms with Gasteiger partial charge in [-0.15, -0.1) is 0 Å². The van der Waals surface area contributed by atoms with Crippen LogP contribution in [0.4, 0.5) is 11.5 Å². The fourth-order valence-corrected chi connectivity index (χ4v) is 3.59. The predicted octanol–water partition coefficient (Wildman–Crippen LogP) is 4.34. The summed E-state index contributed by atoms with van der Waals surface area (Å²) in [5.74, 6) is 1.40. The van der Waals surface area contributed by atoms with E-state index in [1.54, 1.807) is 17.2 Å². The summed E-state index contributed by atoms with van der Waals surface area (Å²) in [5.41, 5.74) is 4.55. The second kappa shape index (κ2) is 7.35. The smallest absolute Gasteiger partial charge is 0.219 e. The van der Waals surface area contributed by atoms with Gasteiger partial charge in [0, 0.05) is 28.7 Å². The molecule has 1 aliphatic heterocycles. The predicted molar refractivity (Wildman–Crippen MR) is 112 cm³/mol. The van der Waals surface area contributed by atoms with Crippen LogP contribution < -0.4 is 10.1 Å². The number of benzene rings is 2. The highest BCUT2D eigenvalue weighted by atomic mass is 35.5. The largest absolute Gasteiger partial charge is 0.475 e. The number of hydrogen-bond acceptors (Lipinski definition) is 6. The van der Waals surface area contributed by atoms with Crippen LogP contribution in [0.2, 0.25) is 5.02 Å². The van der Waals surface area contributed by atoms with Gasteiger partial charge < -0.3 is 14.8 Å². The van der Waals surface area contributed by atoms with E-state index in [9.17, 15) is 0 Å². The molecule has 8 heteroatoms.